The third-order valence-electron chi connectivity index (χ3n) is 2.25. The van der Waals surface area contributed by atoms with Crippen molar-refractivity contribution in [3.63, 3.8) is 0 Å². The highest BCUT2D eigenvalue weighted by Crippen LogP contribution is 2.27. The van der Waals surface area contributed by atoms with Crippen molar-refractivity contribution in [2.45, 2.75) is 0 Å². The van der Waals surface area contributed by atoms with E-state index in [2.05, 4.69) is 10.2 Å². The summed E-state index contributed by atoms with van der Waals surface area (Å²) in [5, 5.41) is 26.1. The Morgan fingerprint density at radius 3 is 2.50 bits per heavy atom. The zero-order valence-electron chi connectivity index (χ0n) is 9.32. The van der Waals surface area contributed by atoms with Crippen molar-refractivity contribution in [1.82, 2.24) is 0 Å². The molecule has 0 radical (unpaired) electrons. The van der Waals surface area contributed by atoms with Crippen molar-refractivity contribution in [3.05, 3.63) is 54.1 Å². The summed E-state index contributed by atoms with van der Waals surface area (Å²) in [4.78, 5) is 10.8. The van der Waals surface area contributed by atoms with E-state index in [1.54, 1.807) is 30.3 Å². The zero-order chi connectivity index (χ0) is 13.0. The number of phenols is 1. The van der Waals surface area contributed by atoms with Crippen LogP contribution in [0.3, 0.4) is 0 Å². The maximum Gasteiger partial charge on any atom is 0.335 e. The van der Waals surface area contributed by atoms with Gasteiger partial charge in [-0.05, 0) is 30.3 Å². The van der Waals surface area contributed by atoms with Gasteiger partial charge in [0.25, 0.3) is 0 Å². The van der Waals surface area contributed by atoms with Gasteiger partial charge in [-0.1, -0.05) is 18.2 Å². The second kappa shape index (κ2) is 5.09. The summed E-state index contributed by atoms with van der Waals surface area (Å²) < 4.78 is 0. The lowest BCUT2D eigenvalue weighted by Crippen LogP contribution is -1.94. The van der Waals surface area contributed by atoms with Crippen molar-refractivity contribution in [2.75, 3.05) is 0 Å². The molecular weight excluding hydrogens is 232 g/mol. The van der Waals surface area contributed by atoms with Crippen LogP contribution < -0.4 is 0 Å². The summed E-state index contributed by atoms with van der Waals surface area (Å²) >= 11 is 0. The zero-order valence-corrected chi connectivity index (χ0v) is 9.32. The highest BCUT2D eigenvalue weighted by atomic mass is 16.4. The van der Waals surface area contributed by atoms with Gasteiger partial charge >= 0.3 is 5.97 Å². The lowest BCUT2D eigenvalue weighted by Gasteiger charge is -1.97. The standard InChI is InChI=1S/C13H10N2O3/c16-12-7-2-1-6-11(12)15-14-10-5-3-4-9(8-10)13(17)18/h1-8,16H,(H,17,18). The minimum Gasteiger partial charge on any atom is -0.506 e. The van der Waals surface area contributed by atoms with Gasteiger partial charge in [0.1, 0.15) is 11.4 Å². The van der Waals surface area contributed by atoms with E-state index in [0.29, 0.717) is 11.4 Å². The Morgan fingerprint density at radius 1 is 1.00 bits per heavy atom. The quantitative estimate of drug-likeness (QED) is 0.808. The summed E-state index contributed by atoms with van der Waals surface area (Å²) in [6, 6.07) is 12.6. The molecular formula is C13H10N2O3. The van der Waals surface area contributed by atoms with Crippen LogP contribution >= 0.6 is 0 Å². The molecule has 0 bridgehead atoms. The van der Waals surface area contributed by atoms with Gasteiger partial charge in [0, 0.05) is 0 Å². The number of carbonyl (C=O) groups is 1. The van der Waals surface area contributed by atoms with Gasteiger partial charge in [0.05, 0.1) is 11.3 Å². The molecule has 0 fully saturated rings. The molecule has 0 unspecified atom stereocenters. The minimum atomic E-state index is -1.02. The van der Waals surface area contributed by atoms with E-state index in [0.717, 1.165) is 0 Å². The molecule has 2 aromatic carbocycles. The first-order valence-electron chi connectivity index (χ1n) is 5.20. The summed E-state index contributed by atoms with van der Waals surface area (Å²) in [6.45, 7) is 0. The van der Waals surface area contributed by atoms with E-state index in [9.17, 15) is 9.90 Å². The Labute approximate surface area is 103 Å². The van der Waals surface area contributed by atoms with Crippen LogP contribution in [0.4, 0.5) is 11.4 Å². The van der Waals surface area contributed by atoms with Crippen molar-refractivity contribution in [2.24, 2.45) is 10.2 Å². The number of carboxylic acid groups (broad SMARTS) is 1. The van der Waals surface area contributed by atoms with Gasteiger partial charge in [0.15, 0.2) is 0 Å². The Hall–Kier alpha value is -2.69. The number of benzene rings is 2. The molecule has 5 heteroatoms. The largest absolute Gasteiger partial charge is 0.506 e. The number of hydrogen-bond acceptors (Lipinski definition) is 4. The maximum atomic E-state index is 10.8. The number of phenolic OH excluding ortho intramolecular Hbond substituents is 1. The van der Waals surface area contributed by atoms with Gasteiger partial charge in [-0.15, -0.1) is 5.11 Å². The molecule has 18 heavy (non-hydrogen) atoms. The molecule has 0 saturated carbocycles. The number of hydrogen-bond donors (Lipinski definition) is 2. The summed E-state index contributed by atoms with van der Waals surface area (Å²) in [5.41, 5.74) is 0.889. The summed E-state index contributed by atoms with van der Waals surface area (Å²) in [7, 11) is 0. The lowest BCUT2D eigenvalue weighted by molar-refractivity contribution is 0.0697. The first-order chi connectivity index (χ1) is 8.66. The normalized spacial score (nSPS) is 10.7. The molecule has 0 spiro atoms. The van der Waals surface area contributed by atoms with Crippen LogP contribution in [-0.4, -0.2) is 16.2 Å². The first kappa shape index (κ1) is 11.8. The van der Waals surface area contributed by atoms with E-state index in [1.165, 1.54) is 18.2 Å². The molecule has 0 atom stereocenters. The van der Waals surface area contributed by atoms with E-state index >= 15 is 0 Å². The molecule has 0 aliphatic rings. The number of azo groups is 1. The van der Waals surface area contributed by atoms with Crippen LogP contribution in [-0.2, 0) is 0 Å². The van der Waals surface area contributed by atoms with E-state index < -0.39 is 5.97 Å². The molecule has 2 N–H and O–H groups in total. The molecule has 2 aromatic rings. The van der Waals surface area contributed by atoms with Gasteiger partial charge in [-0.25, -0.2) is 4.79 Å². The molecule has 0 amide bonds. The van der Waals surface area contributed by atoms with Gasteiger partial charge in [-0.3, -0.25) is 0 Å². The van der Waals surface area contributed by atoms with Crippen LogP contribution in [0.5, 0.6) is 5.75 Å². The molecule has 0 saturated heterocycles. The second-order valence-corrected chi connectivity index (χ2v) is 3.54. The Balaban J connectivity index is 2.27. The molecule has 0 heterocycles. The minimum absolute atomic E-state index is 0.0237. The summed E-state index contributed by atoms with van der Waals surface area (Å²) in [6.07, 6.45) is 0. The average Bonchev–Trinajstić information content (AvgIpc) is 2.38. The number of aromatic hydroxyl groups is 1. The number of carboxylic acids is 1. The maximum absolute atomic E-state index is 10.8. The predicted molar refractivity (Wildman–Crippen MR) is 65.7 cm³/mol. The number of nitrogens with zero attached hydrogens (tertiary/aromatic N) is 2. The van der Waals surface area contributed by atoms with Crippen molar-refractivity contribution < 1.29 is 15.0 Å². The van der Waals surface area contributed by atoms with Crippen LogP contribution in [0.1, 0.15) is 10.4 Å². The summed E-state index contributed by atoms with van der Waals surface area (Å²) in [5.74, 6) is -0.995. The van der Waals surface area contributed by atoms with E-state index in [-0.39, 0.29) is 11.3 Å². The molecule has 0 aliphatic heterocycles. The lowest BCUT2D eigenvalue weighted by atomic mass is 10.2. The predicted octanol–water partition coefficient (Wildman–Crippen LogP) is 3.51. The monoisotopic (exact) mass is 242 g/mol. The Morgan fingerprint density at radius 2 is 1.78 bits per heavy atom. The number of aromatic carboxylic acids is 1. The fourth-order valence-electron chi connectivity index (χ4n) is 1.36. The van der Waals surface area contributed by atoms with Gasteiger partial charge in [-0.2, -0.15) is 5.11 Å². The first-order valence-corrected chi connectivity index (χ1v) is 5.20. The topological polar surface area (TPSA) is 82.2 Å². The van der Waals surface area contributed by atoms with Gasteiger partial charge < -0.3 is 10.2 Å². The van der Waals surface area contributed by atoms with Crippen molar-refractivity contribution in [3.8, 4) is 5.75 Å². The highest BCUT2D eigenvalue weighted by Gasteiger charge is 2.02. The molecule has 90 valence electrons. The molecule has 2 rings (SSSR count). The Kier molecular flexibility index (Phi) is 3.33. The van der Waals surface area contributed by atoms with E-state index in [1.807, 2.05) is 0 Å². The average molecular weight is 242 g/mol. The van der Waals surface area contributed by atoms with Crippen LogP contribution in [0.15, 0.2) is 58.8 Å². The molecule has 0 aromatic heterocycles. The van der Waals surface area contributed by atoms with Crippen LogP contribution in [0.25, 0.3) is 0 Å². The fourth-order valence-corrected chi connectivity index (χ4v) is 1.36. The van der Waals surface area contributed by atoms with Crippen LogP contribution in [0, 0.1) is 0 Å². The van der Waals surface area contributed by atoms with E-state index in [4.69, 9.17) is 5.11 Å². The van der Waals surface area contributed by atoms with Crippen molar-refractivity contribution >= 4 is 17.3 Å². The third-order valence-corrected chi connectivity index (χ3v) is 2.25. The highest BCUT2D eigenvalue weighted by molar-refractivity contribution is 5.88. The molecule has 0 aliphatic carbocycles. The van der Waals surface area contributed by atoms with Crippen LogP contribution in [0.2, 0.25) is 0 Å². The number of rotatable bonds is 3. The second-order valence-electron chi connectivity index (χ2n) is 3.54. The SMILES string of the molecule is O=C(O)c1cccc(N=Nc2ccccc2O)c1. The Bertz CT molecular complexity index is 609. The fraction of sp³-hybridized carbons (Fsp3) is 0. The smallest absolute Gasteiger partial charge is 0.335 e. The molecule has 5 nitrogen and oxygen atoms in total. The third kappa shape index (κ3) is 2.70. The van der Waals surface area contributed by atoms with Gasteiger partial charge in [0.2, 0.25) is 0 Å². The van der Waals surface area contributed by atoms with Crippen molar-refractivity contribution in [1.29, 1.82) is 0 Å². The number of para-hydroxylation sites is 1.